The number of hydrogen-bond acceptors (Lipinski definition) is 1. The predicted molar refractivity (Wildman–Crippen MR) is 68.4 cm³/mol. The molecule has 104 valence electrons. The molecule has 0 aliphatic heterocycles. The first-order valence-electron chi connectivity index (χ1n) is 5.29. The second-order valence-corrected chi connectivity index (χ2v) is 4.75. The van der Waals surface area contributed by atoms with Crippen LogP contribution in [0.25, 0.3) is 0 Å². The summed E-state index contributed by atoms with van der Waals surface area (Å²) in [7, 11) is 0. The van der Waals surface area contributed by atoms with Crippen molar-refractivity contribution in [1.29, 1.82) is 0 Å². The van der Waals surface area contributed by atoms with E-state index in [2.05, 4.69) is 21.2 Å². The number of anilines is 1. The van der Waals surface area contributed by atoms with E-state index in [0.717, 1.165) is 6.07 Å². The summed E-state index contributed by atoms with van der Waals surface area (Å²) in [5, 5.41) is 2.14. The fourth-order valence-corrected chi connectivity index (χ4v) is 1.84. The Labute approximate surface area is 119 Å². The zero-order valence-electron chi connectivity index (χ0n) is 9.68. The van der Waals surface area contributed by atoms with Gasteiger partial charge in [0, 0.05) is 10.0 Å². The SMILES string of the molecule is O=C(Nc1cc(Br)ccc1F)c1cc(F)c(F)c(F)c1. The Morgan fingerprint density at radius 3 is 2.15 bits per heavy atom. The zero-order chi connectivity index (χ0) is 14.9. The minimum absolute atomic E-state index is 0.172. The highest BCUT2D eigenvalue weighted by molar-refractivity contribution is 9.10. The van der Waals surface area contributed by atoms with Gasteiger partial charge in [0.05, 0.1) is 5.69 Å². The minimum Gasteiger partial charge on any atom is -0.319 e. The predicted octanol–water partition coefficient (Wildman–Crippen LogP) is 4.26. The summed E-state index contributed by atoms with van der Waals surface area (Å²) in [5.41, 5.74) is -0.629. The van der Waals surface area contributed by atoms with Crippen molar-refractivity contribution in [2.45, 2.75) is 0 Å². The quantitative estimate of drug-likeness (QED) is 0.638. The third-order valence-electron chi connectivity index (χ3n) is 2.42. The molecule has 0 fully saturated rings. The van der Waals surface area contributed by atoms with Crippen LogP contribution < -0.4 is 5.32 Å². The summed E-state index contributed by atoms with van der Waals surface area (Å²) >= 11 is 3.09. The van der Waals surface area contributed by atoms with E-state index in [1.807, 2.05) is 0 Å². The normalized spacial score (nSPS) is 10.4. The Kier molecular flexibility index (Phi) is 4.08. The number of amides is 1. The van der Waals surface area contributed by atoms with Gasteiger partial charge in [-0.2, -0.15) is 0 Å². The second-order valence-electron chi connectivity index (χ2n) is 3.83. The van der Waals surface area contributed by atoms with Crippen molar-refractivity contribution in [2.75, 3.05) is 5.32 Å². The van der Waals surface area contributed by atoms with Crippen LogP contribution in [-0.2, 0) is 0 Å². The van der Waals surface area contributed by atoms with Crippen LogP contribution in [0.3, 0.4) is 0 Å². The van der Waals surface area contributed by atoms with E-state index in [1.54, 1.807) is 0 Å². The molecule has 2 rings (SSSR count). The van der Waals surface area contributed by atoms with Crippen molar-refractivity contribution in [3.8, 4) is 0 Å². The number of halogens is 5. The summed E-state index contributed by atoms with van der Waals surface area (Å²) in [6.07, 6.45) is 0. The van der Waals surface area contributed by atoms with Crippen LogP contribution in [0, 0.1) is 23.3 Å². The molecule has 0 aliphatic carbocycles. The molecule has 0 aliphatic rings. The van der Waals surface area contributed by atoms with Crippen molar-refractivity contribution in [1.82, 2.24) is 0 Å². The van der Waals surface area contributed by atoms with E-state index >= 15 is 0 Å². The van der Waals surface area contributed by atoms with E-state index in [1.165, 1.54) is 12.1 Å². The van der Waals surface area contributed by atoms with Crippen molar-refractivity contribution in [3.05, 3.63) is 63.6 Å². The molecule has 7 heteroatoms. The van der Waals surface area contributed by atoms with Crippen LogP contribution in [0.4, 0.5) is 23.2 Å². The average molecular weight is 348 g/mol. The molecular formula is C13H6BrF4NO. The zero-order valence-corrected chi connectivity index (χ0v) is 11.3. The smallest absolute Gasteiger partial charge is 0.255 e. The molecule has 0 radical (unpaired) electrons. The van der Waals surface area contributed by atoms with Gasteiger partial charge in [0.25, 0.3) is 5.91 Å². The van der Waals surface area contributed by atoms with Gasteiger partial charge in [-0.15, -0.1) is 0 Å². The number of carbonyl (C=O) groups is 1. The molecular weight excluding hydrogens is 342 g/mol. The van der Waals surface area contributed by atoms with E-state index in [4.69, 9.17) is 0 Å². The van der Waals surface area contributed by atoms with Crippen molar-refractivity contribution >= 4 is 27.5 Å². The molecule has 0 heterocycles. The largest absolute Gasteiger partial charge is 0.319 e. The van der Waals surface area contributed by atoms with Crippen LogP contribution in [0.1, 0.15) is 10.4 Å². The first-order chi connectivity index (χ1) is 9.38. The van der Waals surface area contributed by atoms with Gasteiger partial charge >= 0.3 is 0 Å². The number of benzene rings is 2. The van der Waals surface area contributed by atoms with Crippen molar-refractivity contribution in [2.24, 2.45) is 0 Å². The van der Waals surface area contributed by atoms with Crippen LogP contribution in [0.15, 0.2) is 34.8 Å². The van der Waals surface area contributed by atoms with Crippen LogP contribution in [-0.4, -0.2) is 5.91 Å². The van der Waals surface area contributed by atoms with Crippen molar-refractivity contribution < 1.29 is 22.4 Å². The Bertz CT molecular complexity index is 667. The first-order valence-corrected chi connectivity index (χ1v) is 6.08. The lowest BCUT2D eigenvalue weighted by atomic mass is 10.2. The second kappa shape index (κ2) is 5.62. The third-order valence-corrected chi connectivity index (χ3v) is 2.92. The molecule has 2 aromatic rings. The van der Waals surface area contributed by atoms with E-state index in [0.29, 0.717) is 16.6 Å². The van der Waals surface area contributed by atoms with Gasteiger partial charge in [-0.25, -0.2) is 17.6 Å². The summed E-state index contributed by atoms with van der Waals surface area (Å²) in [6.45, 7) is 0. The first kappa shape index (κ1) is 14.5. The Morgan fingerprint density at radius 2 is 1.55 bits per heavy atom. The van der Waals surface area contributed by atoms with Crippen LogP contribution >= 0.6 is 15.9 Å². The van der Waals surface area contributed by atoms with Gasteiger partial charge < -0.3 is 5.32 Å². The molecule has 0 spiro atoms. The molecule has 1 N–H and O–H groups in total. The molecule has 0 bridgehead atoms. The molecule has 1 amide bonds. The summed E-state index contributed by atoms with van der Waals surface area (Å²) in [4.78, 5) is 11.7. The summed E-state index contributed by atoms with van der Waals surface area (Å²) < 4.78 is 52.7. The van der Waals surface area contributed by atoms with Crippen LogP contribution in [0.5, 0.6) is 0 Å². The highest BCUT2D eigenvalue weighted by Crippen LogP contribution is 2.21. The maximum atomic E-state index is 13.4. The molecule has 2 nitrogen and oxygen atoms in total. The topological polar surface area (TPSA) is 29.1 Å². The van der Waals surface area contributed by atoms with Gasteiger partial charge in [0.1, 0.15) is 5.82 Å². The lowest BCUT2D eigenvalue weighted by Gasteiger charge is -2.07. The molecule has 0 saturated carbocycles. The van der Waals surface area contributed by atoms with E-state index in [-0.39, 0.29) is 5.69 Å². The standard InChI is InChI=1S/C13H6BrF4NO/c14-7-1-2-8(15)11(5-7)19-13(20)6-3-9(16)12(18)10(17)4-6/h1-5H,(H,19,20). The van der Waals surface area contributed by atoms with E-state index < -0.39 is 34.7 Å². The minimum atomic E-state index is -1.67. The third kappa shape index (κ3) is 2.98. The number of hydrogen-bond donors (Lipinski definition) is 1. The van der Waals surface area contributed by atoms with Gasteiger partial charge in [-0.1, -0.05) is 15.9 Å². The lowest BCUT2D eigenvalue weighted by molar-refractivity contribution is 0.102. The number of carbonyl (C=O) groups excluding carboxylic acids is 1. The molecule has 0 aromatic heterocycles. The monoisotopic (exact) mass is 347 g/mol. The van der Waals surface area contributed by atoms with Gasteiger partial charge in [-0.3, -0.25) is 4.79 Å². The lowest BCUT2D eigenvalue weighted by Crippen LogP contribution is -2.14. The maximum absolute atomic E-state index is 13.4. The molecule has 0 atom stereocenters. The van der Waals surface area contributed by atoms with Crippen molar-refractivity contribution in [3.63, 3.8) is 0 Å². The molecule has 2 aromatic carbocycles. The van der Waals surface area contributed by atoms with E-state index in [9.17, 15) is 22.4 Å². The Hall–Kier alpha value is -1.89. The van der Waals surface area contributed by atoms with Gasteiger partial charge in [0.2, 0.25) is 0 Å². The average Bonchev–Trinajstić information content (AvgIpc) is 2.39. The highest BCUT2D eigenvalue weighted by Gasteiger charge is 2.16. The van der Waals surface area contributed by atoms with Gasteiger partial charge in [-0.05, 0) is 30.3 Å². The fourth-order valence-electron chi connectivity index (χ4n) is 1.47. The molecule has 0 saturated heterocycles. The Balaban J connectivity index is 2.31. The maximum Gasteiger partial charge on any atom is 0.255 e. The van der Waals surface area contributed by atoms with Crippen LogP contribution in [0.2, 0.25) is 0 Å². The molecule has 20 heavy (non-hydrogen) atoms. The number of nitrogens with one attached hydrogen (secondary N) is 1. The summed E-state index contributed by atoms with van der Waals surface area (Å²) in [6, 6.07) is 4.87. The van der Waals surface area contributed by atoms with Gasteiger partial charge in [0.15, 0.2) is 17.5 Å². The number of rotatable bonds is 2. The highest BCUT2D eigenvalue weighted by atomic mass is 79.9. The fraction of sp³-hybridized carbons (Fsp3) is 0. The molecule has 0 unspecified atom stereocenters. The summed E-state index contributed by atoms with van der Waals surface area (Å²) in [5.74, 6) is -6.34. The Morgan fingerprint density at radius 1 is 0.950 bits per heavy atom.